The molecule has 6 heterocycles. The monoisotopic (exact) mass is 591 g/mol. The normalized spacial score (nSPS) is 17.3. The number of hydrogen-bond donors (Lipinski definition) is 2. The number of hydrogen-bond acceptors (Lipinski definition) is 8. The van der Waals surface area contributed by atoms with Gasteiger partial charge in [-0.05, 0) is 56.3 Å². The molecule has 0 saturated carbocycles. The second-order valence-corrected chi connectivity index (χ2v) is 11.6. The van der Waals surface area contributed by atoms with E-state index in [-0.39, 0.29) is 18.1 Å². The Labute approximate surface area is 253 Å². The van der Waals surface area contributed by atoms with Crippen molar-refractivity contribution in [3.8, 4) is 11.4 Å². The molecule has 0 spiro atoms. The number of anilines is 4. The Bertz CT molecular complexity index is 2000. The van der Waals surface area contributed by atoms with Crippen molar-refractivity contribution >= 4 is 50.9 Å². The molecule has 2 N–H and O–H groups in total. The second-order valence-electron chi connectivity index (χ2n) is 11.6. The van der Waals surface area contributed by atoms with Gasteiger partial charge in [-0.15, -0.1) is 0 Å². The van der Waals surface area contributed by atoms with Crippen LogP contribution in [0.2, 0.25) is 0 Å². The lowest BCUT2D eigenvalue weighted by Gasteiger charge is -2.33. The molecule has 1 fully saturated rings. The zero-order valence-electron chi connectivity index (χ0n) is 24.5. The van der Waals surface area contributed by atoms with Crippen molar-refractivity contribution in [1.82, 2.24) is 29.2 Å². The number of rotatable bonds is 3. The first-order valence-electron chi connectivity index (χ1n) is 15.1. The third-order valence-corrected chi connectivity index (χ3v) is 8.76. The van der Waals surface area contributed by atoms with Gasteiger partial charge in [0, 0.05) is 61.7 Å². The highest BCUT2D eigenvalue weighted by molar-refractivity contribution is 5.98. The summed E-state index contributed by atoms with van der Waals surface area (Å²) >= 11 is 0. The number of carbonyl (C=O) groups is 1. The van der Waals surface area contributed by atoms with Crippen LogP contribution < -0.4 is 25.4 Å². The first-order chi connectivity index (χ1) is 21.5. The van der Waals surface area contributed by atoms with Crippen LogP contribution in [0.5, 0.6) is 5.75 Å². The van der Waals surface area contributed by atoms with Crippen molar-refractivity contribution < 1.29 is 9.53 Å². The van der Waals surface area contributed by atoms with E-state index in [4.69, 9.17) is 9.72 Å². The van der Waals surface area contributed by atoms with Gasteiger partial charge in [0.1, 0.15) is 11.1 Å². The SMILES string of the molecule is CN1CCN(c2c[nH]c3cc(Nc4ncc5c(=O)n6n(c5n4)-c4ccc5c(c4)N(CCCC=CC6)C(=O)CO5)ccc23)CC1. The van der Waals surface area contributed by atoms with E-state index in [1.807, 2.05) is 35.0 Å². The standard InChI is InChI=1S/C32H33N9O3/c1-37-12-14-38(15-13-37)27-19-33-25-16-21(6-8-23(25)27)35-32-34-18-24-30(36-32)41-22-7-9-28-26(17-22)39(29(42)20-44-28)10-4-2-3-5-11-40(41)31(24)43/h3,5-9,16-19,33H,2,4,10-15,20H2,1H3,(H,34,35,36). The summed E-state index contributed by atoms with van der Waals surface area (Å²) in [6, 6.07) is 11.8. The van der Waals surface area contributed by atoms with E-state index in [9.17, 15) is 9.59 Å². The fourth-order valence-corrected chi connectivity index (χ4v) is 6.37. The van der Waals surface area contributed by atoms with Crippen LogP contribution in [0.15, 0.2) is 65.7 Å². The average molecular weight is 592 g/mol. The zero-order chi connectivity index (χ0) is 29.8. The van der Waals surface area contributed by atoms with Crippen LogP contribution >= 0.6 is 0 Å². The molecule has 3 aliphatic rings. The van der Waals surface area contributed by atoms with Crippen molar-refractivity contribution in [1.29, 1.82) is 0 Å². The van der Waals surface area contributed by atoms with Gasteiger partial charge in [0.05, 0.1) is 23.6 Å². The van der Waals surface area contributed by atoms with Gasteiger partial charge >= 0.3 is 0 Å². The Kier molecular flexibility index (Phi) is 6.37. The van der Waals surface area contributed by atoms with Crippen molar-refractivity contribution in [3.05, 3.63) is 71.3 Å². The van der Waals surface area contributed by atoms with E-state index in [1.165, 1.54) is 11.1 Å². The number of aromatic nitrogens is 5. The number of aromatic amines is 1. The topological polar surface area (TPSA) is 117 Å². The summed E-state index contributed by atoms with van der Waals surface area (Å²) in [6.45, 7) is 5.09. The minimum atomic E-state index is -0.181. The maximum absolute atomic E-state index is 13.6. The fraction of sp³-hybridized carbons (Fsp3) is 0.312. The minimum Gasteiger partial charge on any atom is -0.482 e. The lowest BCUT2D eigenvalue weighted by atomic mass is 10.1. The highest BCUT2D eigenvalue weighted by Gasteiger charge is 2.27. The van der Waals surface area contributed by atoms with Crippen molar-refractivity contribution in [2.45, 2.75) is 19.4 Å². The molecule has 8 rings (SSSR count). The molecule has 1 amide bonds. The summed E-state index contributed by atoms with van der Waals surface area (Å²) in [7, 11) is 2.16. The molecule has 224 valence electrons. The first-order valence-corrected chi connectivity index (χ1v) is 15.1. The molecule has 44 heavy (non-hydrogen) atoms. The number of allylic oxidation sites excluding steroid dienone is 2. The van der Waals surface area contributed by atoms with E-state index >= 15 is 0 Å². The van der Waals surface area contributed by atoms with Crippen LogP contribution in [0.25, 0.3) is 27.6 Å². The molecule has 0 aliphatic carbocycles. The van der Waals surface area contributed by atoms with Crippen LogP contribution in [0.4, 0.5) is 23.0 Å². The number of nitrogens with one attached hydrogen (secondary N) is 2. The summed E-state index contributed by atoms with van der Waals surface area (Å²) in [5.74, 6) is 0.955. The Morgan fingerprint density at radius 1 is 0.955 bits per heavy atom. The first kappa shape index (κ1) is 26.5. The molecular formula is C32H33N9O3. The van der Waals surface area contributed by atoms with E-state index in [1.54, 1.807) is 15.8 Å². The molecule has 3 aliphatic heterocycles. The van der Waals surface area contributed by atoms with Crippen LogP contribution in [0, 0.1) is 0 Å². The lowest BCUT2D eigenvalue weighted by Crippen LogP contribution is -2.44. The van der Waals surface area contributed by atoms with Gasteiger partial charge in [0.2, 0.25) is 5.95 Å². The summed E-state index contributed by atoms with van der Waals surface area (Å²) in [6.07, 6.45) is 9.32. The fourth-order valence-electron chi connectivity index (χ4n) is 6.37. The molecule has 3 aromatic heterocycles. The van der Waals surface area contributed by atoms with Crippen LogP contribution in [0.1, 0.15) is 12.8 Å². The second kappa shape index (κ2) is 10.6. The molecule has 12 heteroatoms. The number of benzene rings is 2. The molecule has 1 saturated heterocycles. The lowest BCUT2D eigenvalue weighted by molar-refractivity contribution is -0.121. The highest BCUT2D eigenvalue weighted by Crippen LogP contribution is 2.35. The smallest absolute Gasteiger partial charge is 0.278 e. The number of H-pyrrole nitrogens is 1. The summed E-state index contributed by atoms with van der Waals surface area (Å²) in [4.78, 5) is 45.7. The molecule has 0 unspecified atom stereocenters. The molecule has 0 atom stereocenters. The van der Waals surface area contributed by atoms with Crippen molar-refractivity contribution in [2.75, 3.05) is 61.5 Å². The number of amides is 1. The Hall–Kier alpha value is -5.10. The van der Waals surface area contributed by atoms with E-state index in [0.717, 1.165) is 50.2 Å². The van der Waals surface area contributed by atoms with Gasteiger partial charge in [0.15, 0.2) is 12.3 Å². The quantitative estimate of drug-likeness (QED) is 0.306. The van der Waals surface area contributed by atoms with E-state index in [2.05, 4.69) is 56.5 Å². The van der Waals surface area contributed by atoms with Gasteiger partial charge in [-0.25, -0.2) is 14.3 Å². The largest absolute Gasteiger partial charge is 0.482 e. The van der Waals surface area contributed by atoms with Crippen LogP contribution in [-0.4, -0.2) is 81.5 Å². The minimum absolute atomic E-state index is 0.0209. The molecule has 2 bridgehead atoms. The zero-order valence-corrected chi connectivity index (χ0v) is 24.5. The predicted octanol–water partition coefficient (Wildman–Crippen LogP) is 3.63. The highest BCUT2D eigenvalue weighted by atomic mass is 16.5. The van der Waals surface area contributed by atoms with Gasteiger partial charge < -0.3 is 29.7 Å². The Balaban J connectivity index is 1.18. The number of likely N-dealkylation sites (N-methyl/N-ethyl adjacent to an activating group) is 1. The summed E-state index contributed by atoms with van der Waals surface area (Å²) in [5.41, 5.74) is 4.78. The van der Waals surface area contributed by atoms with E-state index < -0.39 is 0 Å². The molecular weight excluding hydrogens is 558 g/mol. The van der Waals surface area contributed by atoms with Gasteiger partial charge in [-0.1, -0.05) is 12.2 Å². The maximum Gasteiger partial charge on any atom is 0.278 e. The predicted molar refractivity (Wildman–Crippen MR) is 171 cm³/mol. The summed E-state index contributed by atoms with van der Waals surface area (Å²) in [5, 5.41) is 4.93. The van der Waals surface area contributed by atoms with Crippen molar-refractivity contribution in [3.63, 3.8) is 0 Å². The third-order valence-electron chi connectivity index (χ3n) is 8.76. The number of piperazine rings is 1. The third kappa shape index (κ3) is 4.49. The molecule has 2 aromatic carbocycles. The number of carbonyl (C=O) groups excluding carboxylic acids is 1. The summed E-state index contributed by atoms with van der Waals surface area (Å²) < 4.78 is 9.20. The Morgan fingerprint density at radius 3 is 2.73 bits per heavy atom. The average Bonchev–Trinajstić information content (AvgIpc) is 3.57. The maximum atomic E-state index is 13.6. The van der Waals surface area contributed by atoms with Gasteiger partial charge in [-0.3, -0.25) is 9.59 Å². The van der Waals surface area contributed by atoms with Crippen molar-refractivity contribution in [2.24, 2.45) is 0 Å². The molecule has 5 aromatic rings. The van der Waals surface area contributed by atoms with Gasteiger partial charge in [-0.2, -0.15) is 4.98 Å². The number of nitrogens with zero attached hydrogens (tertiary/aromatic N) is 7. The number of fused-ring (bicyclic) bond motifs is 6. The molecule has 12 nitrogen and oxygen atoms in total. The van der Waals surface area contributed by atoms with Crippen LogP contribution in [0.3, 0.4) is 0 Å². The Morgan fingerprint density at radius 2 is 1.84 bits per heavy atom. The van der Waals surface area contributed by atoms with Gasteiger partial charge in [0.25, 0.3) is 11.5 Å². The number of ether oxygens (including phenoxy) is 1. The van der Waals surface area contributed by atoms with E-state index in [0.29, 0.717) is 47.2 Å². The van der Waals surface area contributed by atoms with Crippen LogP contribution in [-0.2, 0) is 11.3 Å². The molecule has 0 radical (unpaired) electrons.